The average molecular weight is 375 g/mol. The molecule has 5 heteroatoms. The molecular formula is C23H25N3O2. The summed E-state index contributed by atoms with van der Waals surface area (Å²) in [5, 5.41) is 24.9. The Bertz CT molecular complexity index is 1040. The summed E-state index contributed by atoms with van der Waals surface area (Å²) in [5.41, 5.74) is 2.26. The van der Waals surface area contributed by atoms with Gasteiger partial charge >= 0.3 is 0 Å². The molecule has 0 radical (unpaired) electrons. The molecule has 1 fully saturated rings. The van der Waals surface area contributed by atoms with Gasteiger partial charge in [0.15, 0.2) is 5.82 Å². The number of methoxy groups -OCH3 is 1. The number of anilines is 1. The Balaban J connectivity index is 1.70. The van der Waals surface area contributed by atoms with Gasteiger partial charge in [0.25, 0.3) is 0 Å². The van der Waals surface area contributed by atoms with E-state index >= 15 is 0 Å². The van der Waals surface area contributed by atoms with E-state index in [2.05, 4.69) is 22.4 Å². The zero-order valence-electron chi connectivity index (χ0n) is 16.4. The number of fused-ring (bicyclic) bond motifs is 1. The van der Waals surface area contributed by atoms with E-state index < -0.39 is 0 Å². The lowest BCUT2D eigenvalue weighted by Gasteiger charge is -2.44. The van der Waals surface area contributed by atoms with E-state index in [4.69, 9.17) is 4.74 Å². The van der Waals surface area contributed by atoms with Gasteiger partial charge in [-0.25, -0.2) is 0 Å². The third kappa shape index (κ3) is 3.34. The van der Waals surface area contributed by atoms with Crippen molar-refractivity contribution in [2.75, 3.05) is 12.4 Å². The van der Waals surface area contributed by atoms with E-state index in [0.29, 0.717) is 17.3 Å². The normalized spacial score (nSPS) is 21.8. The molecule has 0 spiro atoms. The van der Waals surface area contributed by atoms with Crippen molar-refractivity contribution >= 4 is 22.7 Å². The Morgan fingerprint density at radius 1 is 1.14 bits per heavy atom. The Labute approximate surface area is 165 Å². The standard InChI is InChI=1S/C23H25N3O2/c1-4-7-15-10-11-19(20(27)12-15)21-17-8-5-6-9-18(17)22(26-25-21)24-16-13-23(2,14-16)28-3/h4-12,16,27H,13-14H2,1-3H3,(H,24,26)/b7-4+. The van der Waals surface area contributed by atoms with Crippen LogP contribution in [0.4, 0.5) is 5.82 Å². The number of nitrogens with zero attached hydrogens (tertiary/aromatic N) is 2. The van der Waals surface area contributed by atoms with Gasteiger partial charge in [0.2, 0.25) is 0 Å². The molecule has 5 nitrogen and oxygen atoms in total. The number of aromatic nitrogens is 2. The van der Waals surface area contributed by atoms with Crippen molar-refractivity contribution in [3.8, 4) is 17.0 Å². The minimum absolute atomic E-state index is 0.0543. The number of aromatic hydroxyl groups is 1. The monoisotopic (exact) mass is 375 g/mol. The summed E-state index contributed by atoms with van der Waals surface area (Å²) in [6.45, 7) is 4.07. The van der Waals surface area contributed by atoms with E-state index in [9.17, 15) is 5.11 Å². The maximum absolute atomic E-state index is 10.5. The Hall–Kier alpha value is -2.92. The van der Waals surface area contributed by atoms with Gasteiger partial charge in [-0.05, 0) is 44.4 Å². The predicted octanol–water partition coefficient (Wildman–Crippen LogP) is 5.01. The second kappa shape index (κ2) is 7.24. The molecule has 0 aliphatic heterocycles. The van der Waals surface area contributed by atoms with Crippen LogP contribution in [0.3, 0.4) is 0 Å². The quantitative estimate of drug-likeness (QED) is 0.656. The highest BCUT2D eigenvalue weighted by molar-refractivity contribution is 6.01. The average Bonchev–Trinajstić information content (AvgIpc) is 2.68. The minimum atomic E-state index is -0.0543. The molecule has 0 unspecified atom stereocenters. The number of hydrogen-bond donors (Lipinski definition) is 2. The van der Waals surface area contributed by atoms with Crippen molar-refractivity contribution in [2.24, 2.45) is 0 Å². The summed E-state index contributed by atoms with van der Waals surface area (Å²) in [6, 6.07) is 14.0. The molecule has 1 aliphatic carbocycles. The molecule has 1 saturated carbocycles. The van der Waals surface area contributed by atoms with Crippen LogP contribution in [-0.4, -0.2) is 34.1 Å². The summed E-state index contributed by atoms with van der Waals surface area (Å²) in [7, 11) is 1.76. The topological polar surface area (TPSA) is 67.3 Å². The molecule has 1 heterocycles. The SMILES string of the molecule is C/C=C/c1ccc(-c2nnc(NC3CC(C)(OC)C3)c3ccccc23)c(O)c1. The highest BCUT2D eigenvalue weighted by Gasteiger charge is 2.40. The lowest BCUT2D eigenvalue weighted by Crippen LogP contribution is -2.49. The number of ether oxygens (including phenoxy) is 1. The molecule has 0 bridgehead atoms. The smallest absolute Gasteiger partial charge is 0.156 e. The maximum atomic E-state index is 10.5. The third-order valence-corrected chi connectivity index (χ3v) is 5.51. The number of hydrogen-bond acceptors (Lipinski definition) is 5. The number of phenols is 1. The van der Waals surface area contributed by atoms with Crippen LogP contribution in [0.5, 0.6) is 5.75 Å². The second-order valence-electron chi connectivity index (χ2n) is 7.62. The van der Waals surface area contributed by atoms with Crippen molar-refractivity contribution in [2.45, 2.75) is 38.3 Å². The van der Waals surface area contributed by atoms with Crippen molar-refractivity contribution in [3.05, 3.63) is 54.1 Å². The van der Waals surface area contributed by atoms with Gasteiger partial charge in [0, 0.05) is 29.5 Å². The molecule has 144 valence electrons. The maximum Gasteiger partial charge on any atom is 0.156 e. The first-order valence-electron chi connectivity index (χ1n) is 9.56. The Morgan fingerprint density at radius 2 is 1.89 bits per heavy atom. The van der Waals surface area contributed by atoms with Gasteiger partial charge < -0.3 is 15.2 Å². The van der Waals surface area contributed by atoms with Crippen molar-refractivity contribution in [1.82, 2.24) is 10.2 Å². The van der Waals surface area contributed by atoms with Crippen LogP contribution >= 0.6 is 0 Å². The third-order valence-electron chi connectivity index (χ3n) is 5.51. The zero-order valence-corrected chi connectivity index (χ0v) is 16.4. The van der Waals surface area contributed by atoms with Crippen molar-refractivity contribution in [1.29, 1.82) is 0 Å². The fourth-order valence-electron chi connectivity index (χ4n) is 3.90. The van der Waals surface area contributed by atoms with E-state index in [-0.39, 0.29) is 11.4 Å². The Morgan fingerprint density at radius 3 is 2.57 bits per heavy atom. The van der Waals surface area contributed by atoms with Gasteiger partial charge in [-0.15, -0.1) is 10.2 Å². The Kier molecular flexibility index (Phi) is 4.77. The largest absolute Gasteiger partial charge is 0.507 e. The van der Waals surface area contributed by atoms with Crippen LogP contribution in [0.25, 0.3) is 28.1 Å². The molecule has 1 aromatic heterocycles. The number of nitrogens with one attached hydrogen (secondary N) is 1. The van der Waals surface area contributed by atoms with E-state index in [1.54, 1.807) is 13.2 Å². The van der Waals surface area contributed by atoms with Crippen LogP contribution < -0.4 is 5.32 Å². The number of allylic oxidation sites excluding steroid dienone is 1. The van der Waals surface area contributed by atoms with Gasteiger partial charge in [0.1, 0.15) is 11.4 Å². The van der Waals surface area contributed by atoms with E-state index in [0.717, 1.165) is 35.0 Å². The molecule has 0 atom stereocenters. The van der Waals surface area contributed by atoms with E-state index in [1.807, 2.05) is 55.5 Å². The lowest BCUT2D eigenvalue weighted by atomic mass is 9.77. The zero-order chi connectivity index (χ0) is 19.7. The van der Waals surface area contributed by atoms with E-state index in [1.165, 1.54) is 0 Å². The van der Waals surface area contributed by atoms with Gasteiger partial charge in [-0.2, -0.15) is 0 Å². The highest BCUT2D eigenvalue weighted by atomic mass is 16.5. The fourth-order valence-corrected chi connectivity index (χ4v) is 3.90. The molecule has 2 aromatic carbocycles. The lowest BCUT2D eigenvalue weighted by molar-refractivity contribution is -0.0625. The molecule has 2 N–H and O–H groups in total. The first-order valence-corrected chi connectivity index (χ1v) is 9.56. The van der Waals surface area contributed by atoms with Gasteiger partial charge in [-0.3, -0.25) is 0 Å². The van der Waals surface area contributed by atoms with Crippen molar-refractivity contribution in [3.63, 3.8) is 0 Å². The molecular weight excluding hydrogens is 350 g/mol. The molecule has 3 aromatic rings. The minimum Gasteiger partial charge on any atom is -0.507 e. The first kappa shape index (κ1) is 18.4. The number of phenolic OH excluding ortho intramolecular Hbond substituents is 1. The van der Waals surface area contributed by atoms with Crippen LogP contribution in [0.1, 0.15) is 32.3 Å². The van der Waals surface area contributed by atoms with Crippen LogP contribution in [0, 0.1) is 0 Å². The molecule has 0 saturated heterocycles. The second-order valence-corrected chi connectivity index (χ2v) is 7.62. The summed E-state index contributed by atoms with van der Waals surface area (Å²) < 4.78 is 5.54. The van der Waals surface area contributed by atoms with Crippen LogP contribution in [0.15, 0.2) is 48.5 Å². The predicted molar refractivity (Wildman–Crippen MR) is 113 cm³/mol. The van der Waals surface area contributed by atoms with Crippen LogP contribution in [-0.2, 0) is 4.74 Å². The summed E-state index contributed by atoms with van der Waals surface area (Å²) in [6.07, 6.45) is 5.77. The van der Waals surface area contributed by atoms with Crippen molar-refractivity contribution < 1.29 is 9.84 Å². The van der Waals surface area contributed by atoms with Gasteiger partial charge in [0.05, 0.1) is 5.60 Å². The summed E-state index contributed by atoms with van der Waals surface area (Å²) in [4.78, 5) is 0. The highest BCUT2D eigenvalue weighted by Crippen LogP contribution is 2.39. The molecule has 0 amide bonds. The number of benzene rings is 2. The summed E-state index contributed by atoms with van der Waals surface area (Å²) >= 11 is 0. The molecule has 28 heavy (non-hydrogen) atoms. The van der Waals surface area contributed by atoms with Crippen LogP contribution in [0.2, 0.25) is 0 Å². The molecule has 1 aliphatic rings. The first-order chi connectivity index (χ1) is 13.5. The molecule has 4 rings (SSSR count). The fraction of sp³-hybridized carbons (Fsp3) is 0.304. The van der Waals surface area contributed by atoms with Gasteiger partial charge in [-0.1, -0.05) is 42.5 Å². The summed E-state index contributed by atoms with van der Waals surface area (Å²) in [5.74, 6) is 0.971. The number of rotatable bonds is 5.